The number of hydrogen-bond donors (Lipinski definition) is 0. The zero-order valence-electron chi connectivity index (χ0n) is 13.7. The predicted molar refractivity (Wildman–Crippen MR) is 92.4 cm³/mol. The molecule has 0 aliphatic carbocycles. The van der Waals surface area contributed by atoms with Gasteiger partial charge >= 0.3 is 0 Å². The van der Waals surface area contributed by atoms with Crippen molar-refractivity contribution in [2.45, 2.75) is 25.8 Å². The fourth-order valence-corrected chi connectivity index (χ4v) is 5.05. The summed E-state index contributed by atoms with van der Waals surface area (Å²) < 4.78 is 29.5. The van der Waals surface area contributed by atoms with Crippen LogP contribution < -0.4 is 0 Å². The standard InChI is InChI=1S/C15H23BrN2O4S/c1-11-9-13(16)22-14(11)15(19)18(7-4-6-17(2)3)12-5-8-23(20,21)10-12/h9,12H,4-8,10H2,1-3H3. The Morgan fingerprint density at radius 1 is 1.39 bits per heavy atom. The lowest BCUT2D eigenvalue weighted by Gasteiger charge is -2.28. The molecule has 23 heavy (non-hydrogen) atoms. The summed E-state index contributed by atoms with van der Waals surface area (Å²) in [5, 5.41) is 0. The second-order valence-electron chi connectivity index (χ2n) is 6.27. The van der Waals surface area contributed by atoms with Crippen LogP contribution in [0.5, 0.6) is 0 Å². The van der Waals surface area contributed by atoms with Crippen molar-refractivity contribution >= 4 is 31.7 Å². The molecule has 0 spiro atoms. The molecule has 1 atom stereocenters. The van der Waals surface area contributed by atoms with Crippen LogP contribution in [0.1, 0.15) is 29.0 Å². The van der Waals surface area contributed by atoms with Crippen LogP contribution in [0, 0.1) is 6.92 Å². The van der Waals surface area contributed by atoms with E-state index in [1.807, 2.05) is 25.9 Å². The number of nitrogens with zero attached hydrogens (tertiary/aromatic N) is 2. The number of amides is 1. The highest BCUT2D eigenvalue weighted by molar-refractivity contribution is 9.10. The molecule has 1 aliphatic rings. The highest BCUT2D eigenvalue weighted by Crippen LogP contribution is 2.25. The van der Waals surface area contributed by atoms with Crippen molar-refractivity contribution in [3.05, 3.63) is 22.1 Å². The van der Waals surface area contributed by atoms with Crippen molar-refractivity contribution in [2.24, 2.45) is 0 Å². The molecule has 1 aromatic rings. The summed E-state index contributed by atoms with van der Waals surface area (Å²) in [6, 6.07) is 1.48. The Morgan fingerprint density at radius 3 is 2.57 bits per heavy atom. The second kappa shape index (κ2) is 7.36. The summed E-state index contributed by atoms with van der Waals surface area (Å²) in [4.78, 5) is 16.6. The number of carbonyl (C=O) groups excluding carboxylic acids is 1. The van der Waals surface area contributed by atoms with Gasteiger partial charge in [0.2, 0.25) is 0 Å². The van der Waals surface area contributed by atoms with Gasteiger partial charge in [0, 0.05) is 18.2 Å². The van der Waals surface area contributed by atoms with E-state index in [-0.39, 0.29) is 29.2 Å². The normalized spacial score (nSPS) is 20.1. The molecule has 6 nitrogen and oxygen atoms in total. The smallest absolute Gasteiger partial charge is 0.290 e. The maximum atomic E-state index is 12.9. The van der Waals surface area contributed by atoms with Gasteiger partial charge in [-0.1, -0.05) is 0 Å². The van der Waals surface area contributed by atoms with Gasteiger partial charge in [-0.2, -0.15) is 0 Å². The summed E-state index contributed by atoms with van der Waals surface area (Å²) in [7, 11) is 0.898. The van der Waals surface area contributed by atoms with Gasteiger partial charge in [-0.05, 0) is 62.4 Å². The second-order valence-corrected chi connectivity index (χ2v) is 9.29. The molecule has 2 heterocycles. The Bertz CT molecular complexity index is 669. The molecule has 1 amide bonds. The molecule has 130 valence electrons. The molecule has 8 heteroatoms. The van der Waals surface area contributed by atoms with Gasteiger partial charge in [-0.15, -0.1) is 0 Å². The van der Waals surface area contributed by atoms with Crippen molar-refractivity contribution in [1.29, 1.82) is 0 Å². The maximum absolute atomic E-state index is 12.9. The number of aryl methyl sites for hydroxylation is 1. The third-order valence-corrected chi connectivity index (χ3v) is 6.14. The van der Waals surface area contributed by atoms with Gasteiger partial charge in [0.15, 0.2) is 20.3 Å². The number of carbonyl (C=O) groups is 1. The first-order valence-electron chi connectivity index (χ1n) is 7.61. The fraction of sp³-hybridized carbons (Fsp3) is 0.667. The highest BCUT2D eigenvalue weighted by atomic mass is 79.9. The first-order valence-corrected chi connectivity index (χ1v) is 10.2. The summed E-state index contributed by atoms with van der Waals surface area (Å²) in [6.07, 6.45) is 1.28. The molecule has 1 fully saturated rings. The molecule has 0 N–H and O–H groups in total. The monoisotopic (exact) mass is 406 g/mol. The molecule has 2 rings (SSSR count). The van der Waals surface area contributed by atoms with E-state index in [2.05, 4.69) is 15.9 Å². The van der Waals surface area contributed by atoms with Crippen LogP contribution in [0.4, 0.5) is 0 Å². The molecule has 1 saturated heterocycles. The number of hydrogen-bond acceptors (Lipinski definition) is 5. The average Bonchev–Trinajstić information content (AvgIpc) is 2.95. The van der Waals surface area contributed by atoms with E-state index in [1.54, 1.807) is 11.0 Å². The van der Waals surface area contributed by atoms with Crippen LogP contribution in [-0.4, -0.2) is 68.9 Å². The molecule has 0 bridgehead atoms. The fourth-order valence-electron chi connectivity index (χ4n) is 2.81. The summed E-state index contributed by atoms with van der Waals surface area (Å²) >= 11 is 3.23. The molecule has 0 saturated carbocycles. The van der Waals surface area contributed by atoms with Crippen molar-refractivity contribution in [2.75, 3.05) is 38.7 Å². The molecule has 0 radical (unpaired) electrons. The lowest BCUT2D eigenvalue weighted by Crippen LogP contribution is -2.42. The van der Waals surface area contributed by atoms with E-state index in [0.29, 0.717) is 17.6 Å². The van der Waals surface area contributed by atoms with E-state index in [0.717, 1.165) is 18.5 Å². The van der Waals surface area contributed by atoms with E-state index >= 15 is 0 Å². The Hall–Kier alpha value is -0.860. The number of furan rings is 1. The summed E-state index contributed by atoms with van der Waals surface area (Å²) in [5.41, 5.74) is 0.750. The maximum Gasteiger partial charge on any atom is 0.290 e. The van der Waals surface area contributed by atoms with E-state index in [9.17, 15) is 13.2 Å². The molecule has 0 aromatic carbocycles. The summed E-state index contributed by atoms with van der Waals surface area (Å²) in [5.74, 6) is 0.248. The van der Waals surface area contributed by atoms with Crippen molar-refractivity contribution in [3.8, 4) is 0 Å². The van der Waals surface area contributed by atoms with Crippen molar-refractivity contribution in [3.63, 3.8) is 0 Å². The minimum absolute atomic E-state index is 0.0433. The van der Waals surface area contributed by atoms with E-state index in [4.69, 9.17) is 4.42 Å². The largest absolute Gasteiger partial charge is 0.444 e. The van der Waals surface area contributed by atoms with Crippen molar-refractivity contribution < 1.29 is 17.6 Å². The number of halogens is 1. The predicted octanol–water partition coefficient (Wildman–Crippen LogP) is 1.93. The van der Waals surface area contributed by atoms with Crippen LogP contribution in [0.15, 0.2) is 15.2 Å². The molecular weight excluding hydrogens is 384 g/mol. The minimum atomic E-state index is -3.05. The number of sulfone groups is 1. The zero-order chi connectivity index (χ0) is 17.2. The zero-order valence-corrected chi connectivity index (χ0v) is 16.1. The van der Waals surface area contributed by atoms with Crippen LogP contribution >= 0.6 is 15.9 Å². The van der Waals surface area contributed by atoms with Crippen molar-refractivity contribution in [1.82, 2.24) is 9.80 Å². The van der Waals surface area contributed by atoms with Gasteiger partial charge in [0.25, 0.3) is 5.91 Å². The minimum Gasteiger partial charge on any atom is -0.444 e. The molecule has 1 aliphatic heterocycles. The Kier molecular flexibility index (Phi) is 5.91. The lowest BCUT2D eigenvalue weighted by molar-refractivity contribution is 0.0655. The summed E-state index contributed by atoms with van der Waals surface area (Å²) in [6.45, 7) is 3.17. The average molecular weight is 407 g/mol. The number of rotatable bonds is 6. The van der Waals surface area contributed by atoms with Gasteiger partial charge in [-0.3, -0.25) is 4.79 Å². The highest BCUT2D eigenvalue weighted by Gasteiger charge is 2.36. The Labute approximate surface area is 145 Å². The van der Waals surface area contributed by atoms with Gasteiger partial charge in [0.05, 0.1) is 11.5 Å². The van der Waals surface area contributed by atoms with Gasteiger partial charge in [-0.25, -0.2) is 8.42 Å². The van der Waals surface area contributed by atoms with Crippen LogP contribution in [0.25, 0.3) is 0 Å². The first-order chi connectivity index (χ1) is 10.7. The van der Waals surface area contributed by atoms with E-state index < -0.39 is 9.84 Å². The first kappa shape index (κ1) is 18.5. The van der Waals surface area contributed by atoms with Gasteiger partial charge in [0.1, 0.15) is 0 Å². The Morgan fingerprint density at radius 2 is 2.09 bits per heavy atom. The topological polar surface area (TPSA) is 70.8 Å². The molecule has 1 unspecified atom stereocenters. The SMILES string of the molecule is Cc1cc(Br)oc1C(=O)N(CCCN(C)C)C1CCS(=O)(=O)C1. The third-order valence-electron chi connectivity index (χ3n) is 4.00. The molecule has 1 aromatic heterocycles. The van der Waals surface area contributed by atoms with Gasteiger partial charge < -0.3 is 14.2 Å². The Balaban J connectivity index is 2.18. The van der Waals surface area contributed by atoms with Crippen LogP contribution in [-0.2, 0) is 9.84 Å². The molecular formula is C15H23BrN2O4S. The third kappa shape index (κ3) is 4.81. The van der Waals surface area contributed by atoms with Crippen LogP contribution in [0.3, 0.4) is 0 Å². The lowest BCUT2D eigenvalue weighted by atomic mass is 10.1. The van der Waals surface area contributed by atoms with E-state index in [1.165, 1.54) is 0 Å². The quantitative estimate of drug-likeness (QED) is 0.721. The van der Waals surface area contributed by atoms with Crippen LogP contribution in [0.2, 0.25) is 0 Å².